The van der Waals surface area contributed by atoms with E-state index in [1.807, 2.05) is 48.5 Å². The van der Waals surface area contributed by atoms with Crippen molar-refractivity contribution in [3.63, 3.8) is 0 Å². The van der Waals surface area contributed by atoms with Crippen LogP contribution in [0.4, 0.5) is 10.5 Å². The van der Waals surface area contributed by atoms with Gasteiger partial charge in [0.05, 0.1) is 0 Å². The number of hydrogen-bond acceptors (Lipinski definition) is 3. The second-order valence-corrected chi connectivity index (χ2v) is 8.52. The van der Waals surface area contributed by atoms with E-state index in [2.05, 4.69) is 32.8 Å². The number of hydrazine groups is 1. The van der Waals surface area contributed by atoms with Crippen LogP contribution >= 0.6 is 0 Å². The molecule has 5 rings (SSSR count). The lowest BCUT2D eigenvalue weighted by atomic mass is 9.81. The lowest BCUT2D eigenvalue weighted by Crippen LogP contribution is -2.75. The predicted octanol–water partition coefficient (Wildman–Crippen LogP) is 4.53. The number of hydrogen-bond donors (Lipinski definition) is 2. The second kappa shape index (κ2) is 10.6. The molecule has 2 N–H and O–H groups in total. The van der Waals surface area contributed by atoms with E-state index in [9.17, 15) is 4.79 Å². The van der Waals surface area contributed by atoms with Crippen LogP contribution in [0.2, 0.25) is 0 Å². The van der Waals surface area contributed by atoms with E-state index < -0.39 is 0 Å². The van der Waals surface area contributed by atoms with Gasteiger partial charge in [0.1, 0.15) is 0 Å². The number of anilines is 1. The van der Waals surface area contributed by atoms with Crippen molar-refractivity contribution in [2.45, 2.75) is 44.6 Å². The molecule has 0 spiro atoms. The molecule has 160 valence electrons. The topological polar surface area (TPSA) is 47.6 Å². The number of carbonyl (C=O) groups is 1. The summed E-state index contributed by atoms with van der Waals surface area (Å²) in [5.41, 5.74) is 2.02. The zero-order valence-corrected chi connectivity index (χ0v) is 17.8. The van der Waals surface area contributed by atoms with Gasteiger partial charge >= 0.3 is 6.03 Å². The SMILES string of the molecule is C1CCC(C2CN3CCN23)CC1.O=C(NCCc1ccccc1)Nc1ccccc1. The van der Waals surface area contributed by atoms with Crippen LogP contribution in [0.15, 0.2) is 60.7 Å². The maximum absolute atomic E-state index is 11.6. The van der Waals surface area contributed by atoms with E-state index in [0.717, 1.165) is 24.1 Å². The Bertz CT molecular complexity index is 773. The van der Waals surface area contributed by atoms with E-state index in [4.69, 9.17) is 0 Å². The number of amides is 2. The normalized spacial score (nSPS) is 21.3. The Balaban J connectivity index is 0.000000156. The first-order valence-electron chi connectivity index (χ1n) is 11.4. The highest BCUT2D eigenvalue weighted by atomic mass is 16.2. The Labute approximate surface area is 180 Å². The summed E-state index contributed by atoms with van der Waals surface area (Å²) in [5, 5.41) is 10.7. The molecule has 1 atom stereocenters. The van der Waals surface area contributed by atoms with Crippen molar-refractivity contribution >= 4 is 11.7 Å². The molecular formula is C25H34N4O. The molecule has 2 heterocycles. The van der Waals surface area contributed by atoms with Gasteiger partial charge in [-0.2, -0.15) is 0 Å². The van der Waals surface area contributed by atoms with Crippen LogP contribution in [-0.4, -0.2) is 48.3 Å². The van der Waals surface area contributed by atoms with Crippen LogP contribution in [-0.2, 0) is 6.42 Å². The molecule has 0 bridgehead atoms. The molecule has 1 aliphatic carbocycles. The summed E-state index contributed by atoms with van der Waals surface area (Å²) in [7, 11) is 0. The number of nitrogens with zero attached hydrogens (tertiary/aromatic N) is 2. The Morgan fingerprint density at radius 1 is 0.900 bits per heavy atom. The third-order valence-electron chi connectivity index (χ3n) is 6.50. The second-order valence-electron chi connectivity index (χ2n) is 8.52. The van der Waals surface area contributed by atoms with Crippen molar-refractivity contribution in [2.24, 2.45) is 5.92 Å². The van der Waals surface area contributed by atoms with E-state index >= 15 is 0 Å². The number of nitrogens with one attached hydrogen (secondary N) is 2. The van der Waals surface area contributed by atoms with Crippen molar-refractivity contribution in [1.82, 2.24) is 15.3 Å². The number of piperazine rings is 1. The molecule has 5 nitrogen and oxygen atoms in total. The molecule has 0 aromatic heterocycles. The standard InChI is InChI=1S/C15H16N2O.C10H18N2/c18-15(17-14-9-5-2-6-10-14)16-12-11-13-7-3-1-4-8-13;1-2-4-9(5-3-1)10-8-11-6-7-12(10)11/h1-10H,11-12H2,(H2,16,17,18);9-10H,1-8H2. The quantitative estimate of drug-likeness (QED) is 0.767. The van der Waals surface area contributed by atoms with Gasteiger partial charge in [0.15, 0.2) is 0 Å². The molecular weight excluding hydrogens is 372 g/mol. The smallest absolute Gasteiger partial charge is 0.319 e. The van der Waals surface area contributed by atoms with Crippen molar-refractivity contribution in [1.29, 1.82) is 0 Å². The zero-order chi connectivity index (χ0) is 20.6. The lowest BCUT2D eigenvalue weighted by molar-refractivity contribution is -0.250. The summed E-state index contributed by atoms with van der Waals surface area (Å²) in [6.45, 7) is 4.69. The minimum absolute atomic E-state index is 0.169. The van der Waals surface area contributed by atoms with E-state index in [-0.39, 0.29) is 6.03 Å². The number of urea groups is 1. The summed E-state index contributed by atoms with van der Waals surface area (Å²) >= 11 is 0. The number of benzene rings is 2. The zero-order valence-electron chi connectivity index (χ0n) is 17.8. The van der Waals surface area contributed by atoms with Gasteiger partial charge in [0.25, 0.3) is 0 Å². The molecule has 3 fully saturated rings. The van der Waals surface area contributed by atoms with Gasteiger partial charge in [0.2, 0.25) is 0 Å². The summed E-state index contributed by atoms with van der Waals surface area (Å²) in [4.78, 5) is 11.6. The third-order valence-corrected chi connectivity index (χ3v) is 6.50. The summed E-state index contributed by atoms with van der Waals surface area (Å²) in [6.07, 6.45) is 8.34. The van der Waals surface area contributed by atoms with Crippen molar-refractivity contribution in [2.75, 3.05) is 31.5 Å². The van der Waals surface area contributed by atoms with Crippen LogP contribution < -0.4 is 10.6 Å². The first-order chi connectivity index (χ1) is 14.8. The highest BCUT2D eigenvalue weighted by molar-refractivity contribution is 5.89. The fraction of sp³-hybridized carbons (Fsp3) is 0.480. The minimum atomic E-state index is -0.169. The molecule has 2 aromatic carbocycles. The molecule has 1 saturated carbocycles. The average Bonchev–Trinajstić information content (AvgIpc) is 2.78. The Morgan fingerprint density at radius 3 is 2.20 bits per heavy atom. The van der Waals surface area contributed by atoms with Crippen molar-refractivity contribution in [3.05, 3.63) is 66.2 Å². The summed E-state index contributed by atoms with van der Waals surface area (Å²) in [6, 6.07) is 20.3. The Kier molecular flexibility index (Phi) is 7.38. The van der Waals surface area contributed by atoms with Gasteiger partial charge in [-0.3, -0.25) is 0 Å². The highest BCUT2D eigenvalue weighted by Crippen LogP contribution is 2.37. The van der Waals surface area contributed by atoms with Crippen molar-refractivity contribution < 1.29 is 4.79 Å². The Hall–Kier alpha value is -2.37. The average molecular weight is 407 g/mol. The molecule has 0 radical (unpaired) electrons. The van der Waals surface area contributed by atoms with Crippen LogP contribution in [0.5, 0.6) is 0 Å². The molecule has 3 aliphatic rings. The maximum Gasteiger partial charge on any atom is 0.319 e. The molecule has 2 amide bonds. The maximum atomic E-state index is 11.6. The van der Waals surface area contributed by atoms with E-state index in [1.54, 1.807) is 0 Å². The molecule has 1 unspecified atom stereocenters. The first kappa shape index (κ1) is 20.9. The number of rotatable bonds is 5. The van der Waals surface area contributed by atoms with Gasteiger partial charge in [0, 0.05) is 37.9 Å². The number of para-hydroxylation sites is 1. The van der Waals surface area contributed by atoms with Gasteiger partial charge < -0.3 is 10.6 Å². The van der Waals surface area contributed by atoms with Crippen LogP contribution in [0, 0.1) is 5.92 Å². The van der Waals surface area contributed by atoms with Crippen LogP contribution in [0.3, 0.4) is 0 Å². The highest BCUT2D eigenvalue weighted by Gasteiger charge is 2.46. The van der Waals surface area contributed by atoms with Crippen molar-refractivity contribution in [3.8, 4) is 0 Å². The van der Waals surface area contributed by atoms with Gasteiger partial charge in [-0.25, -0.2) is 14.8 Å². The summed E-state index contributed by atoms with van der Waals surface area (Å²) in [5.74, 6) is 1.05. The summed E-state index contributed by atoms with van der Waals surface area (Å²) < 4.78 is 0. The molecule has 2 aliphatic heterocycles. The lowest BCUT2D eigenvalue weighted by Gasteiger charge is -2.61. The predicted molar refractivity (Wildman–Crippen MR) is 122 cm³/mol. The fourth-order valence-corrected chi connectivity index (χ4v) is 4.72. The first-order valence-corrected chi connectivity index (χ1v) is 11.4. The Morgan fingerprint density at radius 2 is 1.60 bits per heavy atom. The van der Waals surface area contributed by atoms with Crippen LogP contribution in [0.1, 0.15) is 37.7 Å². The molecule has 30 heavy (non-hydrogen) atoms. The molecule has 2 aromatic rings. The minimum Gasteiger partial charge on any atom is -0.338 e. The van der Waals surface area contributed by atoms with Gasteiger partial charge in [-0.1, -0.05) is 67.8 Å². The molecule has 5 heteroatoms. The van der Waals surface area contributed by atoms with Gasteiger partial charge in [-0.05, 0) is 42.9 Å². The monoisotopic (exact) mass is 406 g/mol. The number of fused-ring (bicyclic) bond motifs is 1. The third kappa shape index (κ3) is 5.61. The fourth-order valence-electron chi connectivity index (χ4n) is 4.72. The van der Waals surface area contributed by atoms with E-state index in [0.29, 0.717) is 6.54 Å². The van der Waals surface area contributed by atoms with Gasteiger partial charge in [-0.15, -0.1) is 0 Å². The molecule has 2 saturated heterocycles. The van der Waals surface area contributed by atoms with Crippen LogP contribution in [0.25, 0.3) is 0 Å². The van der Waals surface area contributed by atoms with E-state index in [1.165, 1.54) is 57.3 Å². The number of carbonyl (C=O) groups excluding carboxylic acids is 1. The largest absolute Gasteiger partial charge is 0.338 e.